The topological polar surface area (TPSA) is 102 Å². The number of hydrogen-bond acceptors (Lipinski definition) is 4. The first-order chi connectivity index (χ1) is 15.2. The summed E-state index contributed by atoms with van der Waals surface area (Å²) < 4.78 is 21.2. The monoisotopic (exact) mass is 459 g/mol. The number of fused-ring (bicyclic) bond motifs is 1. The third kappa shape index (κ3) is 5.81. The fourth-order valence-corrected chi connectivity index (χ4v) is 5.83. The van der Waals surface area contributed by atoms with Crippen LogP contribution < -0.4 is 10.5 Å². The molecule has 0 radical (unpaired) electrons. The molecule has 6 nitrogen and oxygen atoms in total. The quantitative estimate of drug-likeness (QED) is 0.502. The summed E-state index contributed by atoms with van der Waals surface area (Å²) >= 11 is 0. The Morgan fingerprint density at radius 1 is 1.16 bits per heavy atom. The normalized spacial score (nSPS) is 25.5. The Hall–Kier alpha value is -1.69. The summed E-state index contributed by atoms with van der Waals surface area (Å²) in [5.74, 6) is 1.98. The van der Waals surface area contributed by atoms with Crippen molar-refractivity contribution in [1.82, 2.24) is 0 Å². The van der Waals surface area contributed by atoms with Crippen molar-refractivity contribution < 1.29 is 23.6 Å². The Bertz CT molecular complexity index is 990. The van der Waals surface area contributed by atoms with Crippen molar-refractivity contribution >= 4 is 7.82 Å². The molecule has 0 heterocycles. The van der Waals surface area contributed by atoms with Crippen molar-refractivity contribution in [2.45, 2.75) is 62.8 Å². The summed E-state index contributed by atoms with van der Waals surface area (Å²) in [4.78, 5) is 18.0. The maximum Gasteiger partial charge on any atom is 0.469 e. The van der Waals surface area contributed by atoms with Crippen LogP contribution >= 0.6 is 7.82 Å². The molecule has 0 aliphatic heterocycles. The van der Waals surface area contributed by atoms with E-state index in [1.807, 2.05) is 12.1 Å². The van der Waals surface area contributed by atoms with Gasteiger partial charge in [0.15, 0.2) is 0 Å². The molecule has 7 heteroatoms. The van der Waals surface area contributed by atoms with Crippen molar-refractivity contribution in [3.8, 4) is 5.75 Å². The number of nitrogens with two attached hydrogens (primary N) is 1. The SMILES string of the molecule is COc1ccccc1CCC1CCc2cc([C@@H]3CC[C@](N)(COP(=O)(O)O)C3)ccc2C1. The van der Waals surface area contributed by atoms with E-state index in [1.54, 1.807) is 7.11 Å². The first kappa shape index (κ1) is 23.5. The van der Waals surface area contributed by atoms with E-state index in [2.05, 4.69) is 30.3 Å². The molecular formula is C25H34NO5P. The van der Waals surface area contributed by atoms with Gasteiger partial charge in [-0.15, -0.1) is 0 Å². The standard InChI is InChI=1S/C25H34NO5P/c1-30-24-5-3-2-4-19(24)8-6-18-7-9-21-15-22(11-10-20(21)14-18)23-12-13-25(26,16-23)17-31-32(27,28)29/h2-5,10-11,15,18,23H,6-9,12-14,16-17,26H2,1H3,(H2,27,28,29)/t18?,23-,25-/m1/s1. The van der Waals surface area contributed by atoms with E-state index in [1.165, 1.54) is 35.1 Å². The summed E-state index contributed by atoms with van der Waals surface area (Å²) in [6, 6.07) is 15.1. The van der Waals surface area contributed by atoms with Crippen molar-refractivity contribution in [1.29, 1.82) is 0 Å². The molecule has 2 aliphatic carbocycles. The summed E-state index contributed by atoms with van der Waals surface area (Å²) in [5.41, 5.74) is 11.2. The van der Waals surface area contributed by atoms with Gasteiger partial charge in [-0.3, -0.25) is 4.52 Å². The molecule has 1 unspecified atom stereocenters. The molecule has 2 aromatic rings. The first-order valence-electron chi connectivity index (χ1n) is 11.5. The van der Waals surface area contributed by atoms with Crippen LogP contribution in [0.3, 0.4) is 0 Å². The summed E-state index contributed by atoms with van der Waals surface area (Å²) in [7, 11) is -2.76. The Kier molecular flexibility index (Phi) is 7.09. The predicted molar refractivity (Wildman–Crippen MR) is 125 cm³/mol. The lowest BCUT2D eigenvalue weighted by Gasteiger charge is -2.27. The third-order valence-corrected chi connectivity index (χ3v) is 7.68. The van der Waals surface area contributed by atoms with Crippen molar-refractivity contribution in [3.05, 3.63) is 64.7 Å². The van der Waals surface area contributed by atoms with Crippen molar-refractivity contribution in [2.75, 3.05) is 13.7 Å². The molecule has 4 rings (SSSR count). The number of phosphoric ester groups is 1. The molecule has 0 bridgehead atoms. The zero-order chi connectivity index (χ0) is 22.8. The molecule has 0 saturated heterocycles. The zero-order valence-corrected chi connectivity index (χ0v) is 19.6. The molecule has 174 valence electrons. The van der Waals surface area contributed by atoms with E-state index in [0.717, 1.165) is 31.4 Å². The highest BCUT2D eigenvalue weighted by atomic mass is 31.2. The second-order valence-corrected chi connectivity index (χ2v) is 10.8. The van der Waals surface area contributed by atoms with Crippen LogP contribution in [-0.4, -0.2) is 29.0 Å². The number of benzene rings is 2. The Morgan fingerprint density at radius 2 is 1.97 bits per heavy atom. The number of aryl methyl sites for hydroxylation is 2. The number of ether oxygens (including phenoxy) is 1. The highest BCUT2D eigenvalue weighted by Gasteiger charge is 2.38. The molecule has 0 amide bonds. The minimum absolute atomic E-state index is 0.105. The molecule has 3 atom stereocenters. The van der Waals surface area contributed by atoms with Gasteiger partial charge in [0.25, 0.3) is 0 Å². The average molecular weight is 460 g/mol. The van der Waals surface area contributed by atoms with Crippen LogP contribution in [0.15, 0.2) is 42.5 Å². The maximum atomic E-state index is 11.0. The van der Waals surface area contributed by atoms with Crippen LogP contribution in [0.2, 0.25) is 0 Å². The number of phosphoric acid groups is 1. The summed E-state index contributed by atoms with van der Waals surface area (Å²) in [6.07, 6.45) is 7.94. The van der Waals surface area contributed by atoms with Crippen LogP contribution in [0, 0.1) is 5.92 Å². The highest BCUT2D eigenvalue weighted by Crippen LogP contribution is 2.44. The molecule has 2 aliphatic rings. The van der Waals surface area contributed by atoms with Crippen LogP contribution in [0.4, 0.5) is 0 Å². The summed E-state index contributed by atoms with van der Waals surface area (Å²) in [6.45, 7) is -0.105. The predicted octanol–water partition coefficient (Wildman–Crippen LogP) is 4.51. The lowest BCUT2D eigenvalue weighted by Crippen LogP contribution is -2.41. The number of rotatable bonds is 8. The molecule has 1 fully saturated rings. The van der Waals surface area contributed by atoms with E-state index >= 15 is 0 Å². The van der Waals surface area contributed by atoms with Crippen LogP contribution in [0.5, 0.6) is 5.75 Å². The largest absolute Gasteiger partial charge is 0.496 e. The van der Waals surface area contributed by atoms with E-state index < -0.39 is 13.4 Å². The summed E-state index contributed by atoms with van der Waals surface area (Å²) in [5, 5.41) is 0. The average Bonchev–Trinajstić information content (AvgIpc) is 3.18. The van der Waals surface area contributed by atoms with E-state index in [4.69, 9.17) is 24.8 Å². The Morgan fingerprint density at radius 3 is 2.75 bits per heavy atom. The van der Waals surface area contributed by atoms with Gasteiger partial charge in [0.2, 0.25) is 0 Å². The van der Waals surface area contributed by atoms with Gasteiger partial charge in [-0.25, -0.2) is 4.57 Å². The van der Waals surface area contributed by atoms with Gasteiger partial charge in [-0.05, 0) is 91.5 Å². The fraction of sp³-hybridized carbons (Fsp3) is 0.520. The third-order valence-electron chi connectivity index (χ3n) is 7.21. The minimum atomic E-state index is -4.49. The van der Waals surface area contributed by atoms with Crippen molar-refractivity contribution in [3.63, 3.8) is 0 Å². The number of hydrogen-bond donors (Lipinski definition) is 3. The fourth-order valence-electron chi connectivity index (χ4n) is 5.40. The van der Waals surface area contributed by atoms with Gasteiger partial charge < -0.3 is 20.3 Å². The second-order valence-electron chi connectivity index (χ2n) is 9.55. The highest BCUT2D eigenvalue weighted by molar-refractivity contribution is 7.46. The Labute approximate surface area is 190 Å². The number of para-hydroxylation sites is 1. The molecule has 0 spiro atoms. The first-order valence-corrected chi connectivity index (χ1v) is 13.0. The Balaban J connectivity index is 1.35. The number of methoxy groups -OCH3 is 1. The molecule has 0 aromatic heterocycles. The van der Waals surface area contributed by atoms with Gasteiger partial charge >= 0.3 is 7.82 Å². The van der Waals surface area contributed by atoms with Crippen LogP contribution in [-0.2, 0) is 28.4 Å². The lowest BCUT2D eigenvalue weighted by atomic mass is 9.79. The van der Waals surface area contributed by atoms with Gasteiger partial charge in [0.05, 0.1) is 13.7 Å². The molecule has 2 aromatic carbocycles. The second kappa shape index (κ2) is 9.66. The van der Waals surface area contributed by atoms with Gasteiger partial charge in [-0.1, -0.05) is 36.4 Å². The molecular weight excluding hydrogens is 425 g/mol. The van der Waals surface area contributed by atoms with Crippen LogP contribution in [0.25, 0.3) is 0 Å². The maximum absolute atomic E-state index is 11.0. The molecule has 32 heavy (non-hydrogen) atoms. The molecule has 1 saturated carbocycles. The van der Waals surface area contributed by atoms with E-state index in [9.17, 15) is 4.57 Å². The van der Waals surface area contributed by atoms with Gasteiger partial charge in [-0.2, -0.15) is 0 Å². The van der Waals surface area contributed by atoms with E-state index in [0.29, 0.717) is 24.7 Å². The van der Waals surface area contributed by atoms with Gasteiger partial charge in [0, 0.05) is 5.54 Å². The smallest absolute Gasteiger partial charge is 0.469 e. The van der Waals surface area contributed by atoms with Crippen LogP contribution in [0.1, 0.15) is 60.3 Å². The lowest BCUT2D eigenvalue weighted by molar-refractivity contribution is 0.153. The van der Waals surface area contributed by atoms with E-state index in [-0.39, 0.29) is 6.61 Å². The minimum Gasteiger partial charge on any atom is -0.496 e. The molecule has 4 N–H and O–H groups in total. The zero-order valence-electron chi connectivity index (χ0n) is 18.7. The van der Waals surface area contributed by atoms with Crippen molar-refractivity contribution in [2.24, 2.45) is 11.7 Å². The van der Waals surface area contributed by atoms with Gasteiger partial charge in [0.1, 0.15) is 5.75 Å².